The molecule has 1 aliphatic carbocycles. The van der Waals surface area contributed by atoms with Gasteiger partial charge in [0.25, 0.3) is 0 Å². The molecule has 2 aromatic carbocycles. The summed E-state index contributed by atoms with van der Waals surface area (Å²) in [6, 6.07) is 7.77. The molecule has 8 heteroatoms. The molecule has 0 bridgehead atoms. The first-order valence-corrected chi connectivity index (χ1v) is 8.03. The Hall–Kier alpha value is -3.03. The summed E-state index contributed by atoms with van der Waals surface area (Å²) >= 11 is 0. The number of benzene rings is 2. The van der Waals surface area contributed by atoms with Gasteiger partial charge in [0.1, 0.15) is 6.42 Å². The van der Waals surface area contributed by atoms with Crippen molar-refractivity contribution in [1.29, 1.82) is 0 Å². The number of halogens is 3. The van der Waals surface area contributed by atoms with Crippen LogP contribution >= 0.6 is 0 Å². The molecular formula is C19H15F3O5. The fourth-order valence-corrected chi connectivity index (χ4v) is 2.99. The zero-order valence-corrected chi connectivity index (χ0v) is 14.2. The van der Waals surface area contributed by atoms with Crippen molar-refractivity contribution in [2.24, 2.45) is 0 Å². The van der Waals surface area contributed by atoms with E-state index in [-0.39, 0.29) is 17.1 Å². The zero-order chi connectivity index (χ0) is 19.8. The number of carbonyl (C=O) groups excluding carboxylic acids is 2. The van der Waals surface area contributed by atoms with E-state index in [9.17, 15) is 27.9 Å². The first-order valence-electron chi connectivity index (χ1n) is 8.03. The summed E-state index contributed by atoms with van der Waals surface area (Å²) in [6.07, 6.45) is -5.59. The molecule has 0 radical (unpaired) electrons. The van der Waals surface area contributed by atoms with Crippen molar-refractivity contribution in [2.75, 3.05) is 7.11 Å². The van der Waals surface area contributed by atoms with E-state index in [0.29, 0.717) is 24.0 Å². The Kier molecular flexibility index (Phi) is 4.82. The molecule has 0 aromatic heterocycles. The topological polar surface area (TPSA) is 72.8 Å². The first kappa shape index (κ1) is 18.8. The Bertz CT molecular complexity index is 918. The third kappa shape index (κ3) is 3.89. The standard InChI is InChI=1S/C19H15F3O5/c1-26-15-7-5-13(11-2-4-12-10(8-11)3-6-14(12)23)18(17(15)25)27-16(24)9-19(20,21)22/h2,4-5,7-8,25H,3,6,9H2,1H3. The molecular weight excluding hydrogens is 365 g/mol. The van der Waals surface area contributed by atoms with Crippen LogP contribution in [0.15, 0.2) is 30.3 Å². The lowest BCUT2D eigenvalue weighted by molar-refractivity contribution is -0.164. The molecule has 0 amide bonds. The summed E-state index contributed by atoms with van der Waals surface area (Å²) in [7, 11) is 1.26. The van der Waals surface area contributed by atoms with E-state index in [4.69, 9.17) is 9.47 Å². The minimum atomic E-state index is -4.74. The lowest BCUT2D eigenvalue weighted by atomic mass is 9.99. The number of fused-ring (bicyclic) bond motifs is 1. The molecule has 0 atom stereocenters. The number of rotatable bonds is 4. The summed E-state index contributed by atoms with van der Waals surface area (Å²) in [5.74, 6) is -2.59. The molecule has 5 nitrogen and oxygen atoms in total. The Morgan fingerprint density at radius 3 is 2.52 bits per heavy atom. The number of phenolic OH excluding ortho intramolecular Hbond substituents is 1. The van der Waals surface area contributed by atoms with E-state index in [1.165, 1.54) is 19.2 Å². The van der Waals surface area contributed by atoms with Gasteiger partial charge in [-0.1, -0.05) is 18.2 Å². The number of alkyl halides is 3. The lowest BCUT2D eigenvalue weighted by Crippen LogP contribution is -2.19. The normalized spacial score (nSPS) is 13.4. The van der Waals surface area contributed by atoms with Crippen molar-refractivity contribution in [3.8, 4) is 28.4 Å². The van der Waals surface area contributed by atoms with Crippen LogP contribution in [-0.2, 0) is 11.2 Å². The number of carbonyl (C=O) groups is 2. The maximum absolute atomic E-state index is 12.4. The van der Waals surface area contributed by atoms with Gasteiger partial charge in [-0.2, -0.15) is 13.2 Å². The van der Waals surface area contributed by atoms with Crippen molar-refractivity contribution in [2.45, 2.75) is 25.4 Å². The maximum atomic E-state index is 12.4. The van der Waals surface area contributed by atoms with Crippen molar-refractivity contribution in [1.82, 2.24) is 0 Å². The second kappa shape index (κ2) is 6.94. The molecule has 0 fully saturated rings. The number of ether oxygens (including phenoxy) is 2. The van der Waals surface area contributed by atoms with Gasteiger partial charge in [0.2, 0.25) is 5.75 Å². The van der Waals surface area contributed by atoms with Gasteiger partial charge >= 0.3 is 12.1 Å². The molecule has 1 aliphatic rings. The summed E-state index contributed by atoms with van der Waals surface area (Å²) in [4.78, 5) is 23.4. The van der Waals surface area contributed by atoms with Gasteiger partial charge in [0.05, 0.1) is 7.11 Å². The van der Waals surface area contributed by atoms with Crippen LogP contribution in [0.4, 0.5) is 13.2 Å². The van der Waals surface area contributed by atoms with Gasteiger partial charge in [0, 0.05) is 17.5 Å². The SMILES string of the molecule is COc1ccc(-c2ccc3c(c2)CCC3=O)c(OC(=O)CC(F)(F)F)c1O. The molecule has 27 heavy (non-hydrogen) atoms. The number of ketones is 1. The largest absolute Gasteiger partial charge is 0.502 e. The molecule has 0 unspecified atom stereocenters. The third-order valence-electron chi connectivity index (χ3n) is 4.21. The highest BCUT2D eigenvalue weighted by molar-refractivity contribution is 6.01. The highest BCUT2D eigenvalue weighted by Gasteiger charge is 2.33. The van der Waals surface area contributed by atoms with Gasteiger partial charge in [-0.15, -0.1) is 0 Å². The molecule has 0 heterocycles. The van der Waals surface area contributed by atoms with Crippen LogP contribution in [-0.4, -0.2) is 30.1 Å². The van der Waals surface area contributed by atoms with E-state index in [1.807, 2.05) is 0 Å². The first-order chi connectivity index (χ1) is 12.7. The monoisotopic (exact) mass is 380 g/mol. The van der Waals surface area contributed by atoms with Crippen LogP contribution in [0, 0.1) is 0 Å². The highest BCUT2D eigenvalue weighted by atomic mass is 19.4. The highest BCUT2D eigenvalue weighted by Crippen LogP contribution is 2.44. The van der Waals surface area contributed by atoms with Gasteiger partial charge in [-0.25, -0.2) is 0 Å². The van der Waals surface area contributed by atoms with E-state index in [2.05, 4.69) is 0 Å². The Balaban J connectivity index is 2.04. The average Bonchev–Trinajstić information content (AvgIpc) is 2.95. The van der Waals surface area contributed by atoms with Crippen LogP contribution in [0.25, 0.3) is 11.1 Å². The smallest absolute Gasteiger partial charge is 0.399 e. The number of methoxy groups -OCH3 is 1. The van der Waals surface area contributed by atoms with E-state index in [0.717, 1.165) is 5.56 Å². The number of Topliss-reactive ketones (excluding diaryl/α,β-unsaturated/α-hetero) is 1. The minimum Gasteiger partial charge on any atom is -0.502 e. The van der Waals surface area contributed by atoms with E-state index in [1.54, 1.807) is 18.2 Å². The molecule has 3 rings (SSSR count). The number of phenols is 1. The number of aromatic hydroxyl groups is 1. The molecule has 0 spiro atoms. The second-order valence-electron chi connectivity index (χ2n) is 6.05. The maximum Gasteiger partial charge on any atom is 0.399 e. The van der Waals surface area contributed by atoms with Gasteiger partial charge in [-0.3, -0.25) is 9.59 Å². The predicted molar refractivity (Wildman–Crippen MR) is 89.1 cm³/mol. The number of hydrogen-bond donors (Lipinski definition) is 1. The quantitative estimate of drug-likeness (QED) is 0.640. The summed E-state index contributed by atoms with van der Waals surface area (Å²) in [5.41, 5.74) is 2.09. The summed E-state index contributed by atoms with van der Waals surface area (Å²) in [5, 5.41) is 10.3. The number of esters is 1. The van der Waals surface area contributed by atoms with Crippen LogP contribution in [0.5, 0.6) is 17.2 Å². The van der Waals surface area contributed by atoms with Gasteiger partial charge in [0.15, 0.2) is 17.3 Å². The van der Waals surface area contributed by atoms with E-state index < -0.39 is 30.1 Å². The van der Waals surface area contributed by atoms with Crippen molar-refractivity contribution < 1.29 is 37.3 Å². The fourth-order valence-electron chi connectivity index (χ4n) is 2.99. The summed E-state index contributed by atoms with van der Waals surface area (Å²) in [6.45, 7) is 0. The van der Waals surface area contributed by atoms with Crippen LogP contribution in [0.1, 0.15) is 28.8 Å². The predicted octanol–water partition coefficient (Wildman–Crippen LogP) is 4.05. The van der Waals surface area contributed by atoms with Crippen LogP contribution in [0.3, 0.4) is 0 Å². The Morgan fingerprint density at radius 2 is 1.85 bits per heavy atom. The molecule has 142 valence electrons. The lowest BCUT2D eigenvalue weighted by Gasteiger charge is -2.15. The molecule has 0 saturated carbocycles. The van der Waals surface area contributed by atoms with Crippen molar-refractivity contribution >= 4 is 11.8 Å². The van der Waals surface area contributed by atoms with E-state index >= 15 is 0 Å². The van der Waals surface area contributed by atoms with Crippen molar-refractivity contribution in [3.05, 3.63) is 41.5 Å². The van der Waals surface area contributed by atoms with Crippen LogP contribution in [0.2, 0.25) is 0 Å². The molecule has 0 aliphatic heterocycles. The molecule has 2 aromatic rings. The zero-order valence-electron chi connectivity index (χ0n) is 14.2. The number of aryl methyl sites for hydroxylation is 1. The molecule has 0 saturated heterocycles. The van der Waals surface area contributed by atoms with Crippen LogP contribution < -0.4 is 9.47 Å². The Morgan fingerprint density at radius 1 is 1.15 bits per heavy atom. The van der Waals surface area contributed by atoms with Crippen molar-refractivity contribution in [3.63, 3.8) is 0 Å². The summed E-state index contributed by atoms with van der Waals surface area (Å²) < 4.78 is 47.1. The third-order valence-corrected chi connectivity index (χ3v) is 4.21. The number of hydrogen-bond acceptors (Lipinski definition) is 5. The molecule has 1 N–H and O–H groups in total. The second-order valence-corrected chi connectivity index (χ2v) is 6.05. The van der Waals surface area contributed by atoms with Gasteiger partial charge in [-0.05, 0) is 29.7 Å². The minimum absolute atomic E-state index is 0.0194. The average molecular weight is 380 g/mol. The Labute approximate surface area is 152 Å². The van der Waals surface area contributed by atoms with Gasteiger partial charge < -0.3 is 14.6 Å². The fraction of sp³-hybridized carbons (Fsp3) is 0.263.